The average Bonchev–Trinajstić information content (AvgIpc) is 3.33. The molecule has 0 amide bonds. The largest absolute Gasteiger partial charge is 0.494 e. The van der Waals surface area contributed by atoms with Crippen LogP contribution in [0.25, 0.3) is 26.3 Å². The number of anilines is 1. The van der Waals surface area contributed by atoms with Crippen molar-refractivity contribution in [3.05, 3.63) is 36.8 Å². The molecule has 5 rings (SSSR count). The summed E-state index contributed by atoms with van der Waals surface area (Å²) in [7, 11) is 1.68. The van der Waals surface area contributed by atoms with E-state index in [9.17, 15) is 0 Å². The molecule has 4 aromatic rings. The van der Waals surface area contributed by atoms with E-state index < -0.39 is 0 Å². The molecular formula is C21H23N5OS. The normalized spacial score (nSPS) is 19.9. The van der Waals surface area contributed by atoms with E-state index in [0.717, 1.165) is 43.8 Å². The van der Waals surface area contributed by atoms with E-state index in [2.05, 4.69) is 28.3 Å². The molecule has 1 fully saturated rings. The predicted molar refractivity (Wildman–Crippen MR) is 113 cm³/mol. The Labute approximate surface area is 167 Å². The summed E-state index contributed by atoms with van der Waals surface area (Å²) >= 11 is 1.68. The Kier molecular flexibility index (Phi) is 4.39. The summed E-state index contributed by atoms with van der Waals surface area (Å²) in [5.74, 6) is 2.55. The van der Waals surface area contributed by atoms with Gasteiger partial charge in [0.15, 0.2) is 11.4 Å². The summed E-state index contributed by atoms with van der Waals surface area (Å²) in [6.45, 7) is 2.34. The minimum Gasteiger partial charge on any atom is -0.494 e. The predicted octanol–water partition coefficient (Wildman–Crippen LogP) is 5.01. The number of pyridine rings is 1. The lowest BCUT2D eigenvalue weighted by Gasteiger charge is -2.27. The Hall–Kier alpha value is -2.67. The maximum absolute atomic E-state index is 5.46. The molecule has 7 heteroatoms. The van der Waals surface area contributed by atoms with Crippen LogP contribution >= 0.6 is 11.3 Å². The van der Waals surface area contributed by atoms with Gasteiger partial charge in [-0.1, -0.05) is 6.92 Å². The summed E-state index contributed by atoms with van der Waals surface area (Å²) in [4.78, 5) is 9.90. The number of hydrogen-bond donors (Lipinski definition) is 1. The second-order valence-electron chi connectivity index (χ2n) is 7.60. The van der Waals surface area contributed by atoms with Crippen LogP contribution in [0.5, 0.6) is 5.75 Å². The van der Waals surface area contributed by atoms with Crippen LogP contribution in [0.3, 0.4) is 0 Å². The van der Waals surface area contributed by atoms with E-state index in [4.69, 9.17) is 9.84 Å². The first kappa shape index (κ1) is 17.4. The molecule has 0 saturated heterocycles. The van der Waals surface area contributed by atoms with Crippen LogP contribution in [0.2, 0.25) is 0 Å². The third kappa shape index (κ3) is 3.09. The summed E-state index contributed by atoms with van der Waals surface area (Å²) in [5, 5.41) is 9.53. The number of fused-ring (bicyclic) bond motifs is 2. The van der Waals surface area contributed by atoms with Crippen LogP contribution in [0.1, 0.15) is 32.6 Å². The van der Waals surface area contributed by atoms with Gasteiger partial charge in [-0.2, -0.15) is 0 Å². The highest BCUT2D eigenvalue weighted by atomic mass is 32.1. The van der Waals surface area contributed by atoms with Crippen molar-refractivity contribution in [1.29, 1.82) is 0 Å². The van der Waals surface area contributed by atoms with Crippen LogP contribution < -0.4 is 10.1 Å². The van der Waals surface area contributed by atoms with Gasteiger partial charge in [-0.05, 0) is 49.8 Å². The fraction of sp³-hybridized carbons (Fsp3) is 0.381. The average molecular weight is 394 g/mol. The van der Waals surface area contributed by atoms with Crippen LogP contribution in [0.4, 0.5) is 5.82 Å². The van der Waals surface area contributed by atoms with Gasteiger partial charge in [0.1, 0.15) is 11.5 Å². The van der Waals surface area contributed by atoms with Crippen molar-refractivity contribution < 1.29 is 4.74 Å². The zero-order valence-corrected chi connectivity index (χ0v) is 16.9. The molecule has 0 bridgehead atoms. The fourth-order valence-corrected chi connectivity index (χ4v) is 5.06. The van der Waals surface area contributed by atoms with E-state index >= 15 is 0 Å². The molecule has 0 spiro atoms. The lowest BCUT2D eigenvalue weighted by molar-refractivity contribution is 0.360. The molecule has 1 aliphatic rings. The van der Waals surface area contributed by atoms with Crippen LogP contribution in [-0.2, 0) is 0 Å². The first-order valence-corrected chi connectivity index (χ1v) is 10.6. The highest BCUT2D eigenvalue weighted by Crippen LogP contribution is 2.38. The number of imidazole rings is 1. The Morgan fingerprint density at radius 1 is 1.14 bits per heavy atom. The van der Waals surface area contributed by atoms with E-state index in [-0.39, 0.29) is 0 Å². The van der Waals surface area contributed by atoms with Crippen LogP contribution in [0, 0.1) is 5.92 Å². The third-order valence-corrected chi connectivity index (χ3v) is 6.78. The molecular weight excluding hydrogens is 370 g/mol. The number of methoxy groups -OCH3 is 1. The van der Waals surface area contributed by atoms with Gasteiger partial charge in [-0.3, -0.25) is 4.98 Å². The monoisotopic (exact) mass is 393 g/mol. The van der Waals surface area contributed by atoms with Crippen molar-refractivity contribution in [2.75, 3.05) is 12.4 Å². The summed E-state index contributed by atoms with van der Waals surface area (Å²) in [5.41, 5.74) is 1.83. The van der Waals surface area contributed by atoms with Gasteiger partial charge in [0, 0.05) is 17.6 Å². The van der Waals surface area contributed by atoms with Crippen molar-refractivity contribution in [2.45, 2.75) is 38.6 Å². The lowest BCUT2D eigenvalue weighted by atomic mass is 9.87. The van der Waals surface area contributed by atoms with Gasteiger partial charge in [0.05, 0.1) is 29.1 Å². The molecule has 1 saturated carbocycles. The van der Waals surface area contributed by atoms with Gasteiger partial charge in [-0.25, -0.2) is 9.50 Å². The van der Waals surface area contributed by atoms with Crippen LogP contribution in [-0.4, -0.2) is 32.7 Å². The summed E-state index contributed by atoms with van der Waals surface area (Å²) < 4.78 is 8.48. The fourth-order valence-electron chi connectivity index (χ4n) is 3.94. The van der Waals surface area contributed by atoms with Gasteiger partial charge < -0.3 is 10.1 Å². The van der Waals surface area contributed by atoms with Crippen molar-refractivity contribution in [3.8, 4) is 16.3 Å². The van der Waals surface area contributed by atoms with Crippen molar-refractivity contribution in [2.24, 2.45) is 5.92 Å². The summed E-state index contributed by atoms with van der Waals surface area (Å²) in [6, 6.07) is 6.69. The van der Waals surface area contributed by atoms with Crippen molar-refractivity contribution >= 4 is 32.9 Å². The smallest absolute Gasteiger partial charge is 0.154 e. The van der Waals surface area contributed by atoms with Crippen LogP contribution in [0.15, 0.2) is 36.8 Å². The highest BCUT2D eigenvalue weighted by molar-refractivity contribution is 7.22. The molecule has 1 aliphatic carbocycles. The third-order valence-electron chi connectivity index (χ3n) is 5.59. The number of nitrogens with zero attached hydrogens (tertiary/aromatic N) is 4. The van der Waals surface area contributed by atoms with Crippen molar-refractivity contribution in [1.82, 2.24) is 19.6 Å². The van der Waals surface area contributed by atoms with E-state index in [0.29, 0.717) is 6.04 Å². The quantitative estimate of drug-likeness (QED) is 0.528. The minimum absolute atomic E-state index is 0.507. The Morgan fingerprint density at radius 3 is 2.82 bits per heavy atom. The van der Waals surface area contributed by atoms with Gasteiger partial charge in [0.2, 0.25) is 0 Å². The minimum atomic E-state index is 0.507. The molecule has 144 valence electrons. The standard InChI is InChI=1S/C21H23N5OS/c1-13-3-5-15(6-4-13)24-19-7-8-20-23-11-16(26(20)25-19)18-9-14-10-22-12-17(27-2)21(14)28-18/h7-13,15H,3-6H2,1-2H3,(H,24,25)/t13-,15-. The molecule has 0 radical (unpaired) electrons. The van der Waals surface area contributed by atoms with Gasteiger partial charge in [0.25, 0.3) is 0 Å². The Morgan fingerprint density at radius 2 is 2.00 bits per heavy atom. The van der Waals surface area contributed by atoms with Gasteiger partial charge >= 0.3 is 0 Å². The molecule has 6 nitrogen and oxygen atoms in total. The lowest BCUT2D eigenvalue weighted by Crippen LogP contribution is -2.25. The zero-order chi connectivity index (χ0) is 19.1. The van der Waals surface area contributed by atoms with Crippen molar-refractivity contribution in [3.63, 3.8) is 0 Å². The van der Waals surface area contributed by atoms with Gasteiger partial charge in [-0.15, -0.1) is 16.4 Å². The second-order valence-corrected chi connectivity index (χ2v) is 8.66. The SMILES string of the molecule is COc1cncc2cc(-c3cnc4ccc(N[C@H]5CC[C@H](C)CC5)nn34)sc12. The molecule has 0 aliphatic heterocycles. The van der Waals surface area contributed by atoms with E-state index in [1.807, 2.05) is 29.0 Å². The second kappa shape index (κ2) is 7.05. The molecule has 4 heterocycles. The molecule has 1 N–H and O–H groups in total. The topological polar surface area (TPSA) is 64.3 Å². The number of hydrogen-bond acceptors (Lipinski definition) is 6. The number of ether oxygens (including phenoxy) is 1. The molecule has 0 unspecified atom stereocenters. The first-order chi connectivity index (χ1) is 13.7. The van der Waals surface area contributed by atoms with E-state index in [1.54, 1.807) is 24.6 Å². The zero-order valence-electron chi connectivity index (χ0n) is 16.1. The maximum Gasteiger partial charge on any atom is 0.154 e. The summed E-state index contributed by atoms with van der Waals surface area (Å²) in [6.07, 6.45) is 10.5. The molecule has 28 heavy (non-hydrogen) atoms. The molecule has 0 atom stereocenters. The number of thiophene rings is 1. The Balaban J connectivity index is 1.50. The maximum atomic E-state index is 5.46. The highest BCUT2D eigenvalue weighted by Gasteiger charge is 2.19. The number of rotatable bonds is 4. The molecule has 0 aromatic carbocycles. The number of aromatic nitrogens is 4. The first-order valence-electron chi connectivity index (χ1n) is 9.74. The Bertz CT molecular complexity index is 1130. The number of nitrogens with one attached hydrogen (secondary N) is 1. The van der Waals surface area contributed by atoms with E-state index in [1.165, 1.54) is 25.7 Å². The molecule has 4 aromatic heterocycles.